The van der Waals surface area contributed by atoms with Gasteiger partial charge in [-0.15, -0.1) is 0 Å². The van der Waals surface area contributed by atoms with Crippen molar-refractivity contribution < 1.29 is 14.3 Å². The summed E-state index contributed by atoms with van der Waals surface area (Å²) < 4.78 is 10.1. The number of nitrogen functional groups attached to an aromatic ring is 1. The van der Waals surface area contributed by atoms with Gasteiger partial charge in [-0.2, -0.15) is 0 Å². The van der Waals surface area contributed by atoms with E-state index in [1.165, 1.54) is 7.11 Å². The first-order valence-corrected chi connectivity index (χ1v) is 5.01. The van der Waals surface area contributed by atoms with Crippen LogP contribution >= 0.6 is 0 Å². The van der Waals surface area contributed by atoms with Crippen molar-refractivity contribution in [2.75, 3.05) is 12.8 Å². The van der Waals surface area contributed by atoms with Gasteiger partial charge in [-0.1, -0.05) is 0 Å². The lowest BCUT2D eigenvalue weighted by molar-refractivity contribution is -0.147. The number of esters is 1. The van der Waals surface area contributed by atoms with Crippen molar-refractivity contribution >= 4 is 11.7 Å². The molecule has 0 spiro atoms. The summed E-state index contributed by atoms with van der Waals surface area (Å²) in [5, 5.41) is 0. The molecule has 1 aromatic heterocycles. The van der Waals surface area contributed by atoms with Gasteiger partial charge >= 0.3 is 5.97 Å². The van der Waals surface area contributed by atoms with Gasteiger partial charge in [0.05, 0.1) is 18.7 Å². The molecule has 88 valence electrons. The van der Waals surface area contributed by atoms with Crippen LogP contribution in [0.3, 0.4) is 0 Å². The summed E-state index contributed by atoms with van der Waals surface area (Å²) in [4.78, 5) is 15.3. The third-order valence-electron chi connectivity index (χ3n) is 2.38. The SMILES string of the molecule is COC(=O)C(C)[C@@H](C)Oc1ncccc1N. The molecule has 1 heterocycles. The quantitative estimate of drug-likeness (QED) is 0.779. The average molecular weight is 224 g/mol. The summed E-state index contributed by atoms with van der Waals surface area (Å²) in [6, 6.07) is 3.41. The van der Waals surface area contributed by atoms with Crippen molar-refractivity contribution in [1.29, 1.82) is 0 Å². The van der Waals surface area contributed by atoms with E-state index in [1.54, 1.807) is 32.2 Å². The van der Waals surface area contributed by atoms with Gasteiger partial charge in [0.25, 0.3) is 0 Å². The molecule has 5 nitrogen and oxygen atoms in total. The molecule has 0 saturated carbocycles. The molecule has 1 rings (SSSR count). The Morgan fingerprint density at radius 2 is 2.19 bits per heavy atom. The fraction of sp³-hybridized carbons (Fsp3) is 0.455. The summed E-state index contributed by atoms with van der Waals surface area (Å²) in [7, 11) is 1.35. The van der Waals surface area contributed by atoms with E-state index in [0.29, 0.717) is 11.6 Å². The molecular weight excluding hydrogens is 208 g/mol. The van der Waals surface area contributed by atoms with E-state index < -0.39 is 0 Å². The number of ether oxygens (including phenoxy) is 2. The van der Waals surface area contributed by atoms with Crippen LogP contribution in [0.4, 0.5) is 5.69 Å². The average Bonchev–Trinajstić information content (AvgIpc) is 2.30. The predicted molar refractivity (Wildman–Crippen MR) is 59.9 cm³/mol. The second kappa shape index (κ2) is 5.34. The van der Waals surface area contributed by atoms with Gasteiger partial charge in [-0.25, -0.2) is 4.98 Å². The van der Waals surface area contributed by atoms with Crippen LogP contribution in [-0.2, 0) is 9.53 Å². The molecule has 5 heteroatoms. The summed E-state index contributed by atoms with van der Waals surface area (Å²) in [6.45, 7) is 3.51. The number of carbonyl (C=O) groups excluding carboxylic acids is 1. The predicted octanol–water partition coefficient (Wildman–Crippen LogP) is 1.24. The molecule has 0 aromatic carbocycles. The number of aromatic nitrogens is 1. The topological polar surface area (TPSA) is 74.4 Å². The highest BCUT2D eigenvalue weighted by Crippen LogP contribution is 2.20. The van der Waals surface area contributed by atoms with Crippen LogP contribution in [-0.4, -0.2) is 24.2 Å². The lowest BCUT2D eigenvalue weighted by Crippen LogP contribution is -2.29. The molecular formula is C11H16N2O3. The summed E-state index contributed by atoms with van der Waals surface area (Å²) in [5.74, 6) is -0.348. The van der Waals surface area contributed by atoms with Crippen LogP contribution in [0, 0.1) is 5.92 Å². The van der Waals surface area contributed by atoms with Crippen LogP contribution in [0.25, 0.3) is 0 Å². The molecule has 1 aromatic rings. The molecule has 2 N–H and O–H groups in total. The highest BCUT2D eigenvalue weighted by molar-refractivity contribution is 5.72. The van der Waals surface area contributed by atoms with Crippen LogP contribution in [0.15, 0.2) is 18.3 Å². The lowest BCUT2D eigenvalue weighted by Gasteiger charge is -2.19. The molecule has 0 aliphatic carbocycles. The van der Waals surface area contributed by atoms with E-state index in [9.17, 15) is 4.79 Å². The van der Waals surface area contributed by atoms with Crippen LogP contribution in [0.1, 0.15) is 13.8 Å². The smallest absolute Gasteiger partial charge is 0.312 e. The fourth-order valence-corrected chi connectivity index (χ4v) is 1.16. The van der Waals surface area contributed by atoms with Gasteiger partial charge in [0.15, 0.2) is 0 Å². The minimum absolute atomic E-state index is 0.318. The van der Waals surface area contributed by atoms with E-state index in [1.807, 2.05) is 0 Å². The molecule has 0 bridgehead atoms. The van der Waals surface area contributed by atoms with Gasteiger partial charge in [-0.3, -0.25) is 4.79 Å². The maximum Gasteiger partial charge on any atom is 0.312 e. The summed E-state index contributed by atoms with van der Waals surface area (Å²) in [6.07, 6.45) is 1.24. The van der Waals surface area contributed by atoms with Crippen molar-refractivity contribution in [3.05, 3.63) is 18.3 Å². The minimum atomic E-state index is -0.369. The number of hydrogen-bond donors (Lipinski definition) is 1. The van der Waals surface area contributed by atoms with Crippen molar-refractivity contribution in [3.63, 3.8) is 0 Å². The van der Waals surface area contributed by atoms with E-state index in [2.05, 4.69) is 9.72 Å². The Morgan fingerprint density at radius 3 is 2.75 bits per heavy atom. The van der Waals surface area contributed by atoms with Crippen molar-refractivity contribution in [2.45, 2.75) is 20.0 Å². The molecule has 0 fully saturated rings. The Morgan fingerprint density at radius 1 is 1.50 bits per heavy atom. The molecule has 16 heavy (non-hydrogen) atoms. The van der Waals surface area contributed by atoms with Crippen molar-refractivity contribution in [1.82, 2.24) is 4.98 Å². The van der Waals surface area contributed by atoms with E-state index in [-0.39, 0.29) is 18.0 Å². The Labute approximate surface area is 94.6 Å². The number of nitrogens with zero attached hydrogens (tertiary/aromatic N) is 1. The highest BCUT2D eigenvalue weighted by Gasteiger charge is 2.23. The normalized spacial score (nSPS) is 13.9. The summed E-state index contributed by atoms with van der Waals surface area (Å²) in [5.41, 5.74) is 6.12. The standard InChI is InChI=1S/C11H16N2O3/c1-7(11(14)15-3)8(2)16-10-9(12)5-4-6-13-10/h4-8H,12H2,1-3H3/t7?,8-/m1/s1. The van der Waals surface area contributed by atoms with Gasteiger partial charge in [-0.05, 0) is 26.0 Å². The molecule has 0 aliphatic heterocycles. The highest BCUT2D eigenvalue weighted by atomic mass is 16.5. The summed E-state index contributed by atoms with van der Waals surface area (Å²) >= 11 is 0. The molecule has 1 unspecified atom stereocenters. The van der Waals surface area contributed by atoms with E-state index >= 15 is 0 Å². The second-order valence-corrected chi connectivity index (χ2v) is 3.53. The lowest BCUT2D eigenvalue weighted by atomic mass is 10.1. The first-order valence-electron chi connectivity index (χ1n) is 5.01. The Kier molecular flexibility index (Phi) is 4.10. The van der Waals surface area contributed by atoms with E-state index in [0.717, 1.165) is 0 Å². The number of carbonyl (C=O) groups is 1. The largest absolute Gasteiger partial charge is 0.472 e. The Hall–Kier alpha value is -1.78. The second-order valence-electron chi connectivity index (χ2n) is 3.53. The van der Waals surface area contributed by atoms with Gasteiger partial charge < -0.3 is 15.2 Å². The van der Waals surface area contributed by atoms with Gasteiger partial charge in [0.1, 0.15) is 6.10 Å². The van der Waals surface area contributed by atoms with Crippen molar-refractivity contribution in [3.8, 4) is 5.88 Å². The van der Waals surface area contributed by atoms with Crippen LogP contribution in [0.5, 0.6) is 5.88 Å². The molecule has 0 amide bonds. The van der Waals surface area contributed by atoms with Crippen LogP contribution in [0.2, 0.25) is 0 Å². The zero-order valence-electron chi connectivity index (χ0n) is 9.64. The number of hydrogen-bond acceptors (Lipinski definition) is 5. The fourth-order valence-electron chi connectivity index (χ4n) is 1.16. The maximum absolute atomic E-state index is 11.3. The number of pyridine rings is 1. The number of anilines is 1. The molecule has 0 saturated heterocycles. The first-order chi connectivity index (χ1) is 7.56. The Balaban J connectivity index is 2.68. The molecule has 0 aliphatic rings. The van der Waals surface area contributed by atoms with Crippen molar-refractivity contribution in [2.24, 2.45) is 5.92 Å². The Bertz CT molecular complexity index is 368. The number of rotatable bonds is 4. The molecule has 0 radical (unpaired) electrons. The number of methoxy groups -OCH3 is 1. The van der Waals surface area contributed by atoms with Gasteiger partial charge in [0.2, 0.25) is 5.88 Å². The van der Waals surface area contributed by atoms with Crippen LogP contribution < -0.4 is 10.5 Å². The van der Waals surface area contributed by atoms with Gasteiger partial charge in [0, 0.05) is 6.20 Å². The number of nitrogens with two attached hydrogens (primary N) is 1. The monoisotopic (exact) mass is 224 g/mol. The minimum Gasteiger partial charge on any atom is -0.472 e. The molecule has 2 atom stereocenters. The zero-order valence-corrected chi connectivity index (χ0v) is 9.64. The zero-order chi connectivity index (χ0) is 12.1. The van der Waals surface area contributed by atoms with E-state index in [4.69, 9.17) is 10.5 Å². The maximum atomic E-state index is 11.3. The third-order valence-corrected chi connectivity index (χ3v) is 2.38. The first kappa shape index (κ1) is 12.3. The third kappa shape index (κ3) is 2.85.